The summed E-state index contributed by atoms with van der Waals surface area (Å²) in [7, 11) is 0. The first-order chi connectivity index (χ1) is 10.4. The van der Waals surface area contributed by atoms with E-state index in [0.29, 0.717) is 0 Å². The molecule has 0 aromatic rings. The smallest absolute Gasteiger partial charge is 0.327 e. The van der Waals surface area contributed by atoms with Gasteiger partial charge in [-0.05, 0) is 0 Å². The van der Waals surface area contributed by atoms with Gasteiger partial charge in [-0.2, -0.15) is 0 Å². The Morgan fingerprint density at radius 2 is 1.18 bits per heavy atom. The van der Waals surface area contributed by atoms with Gasteiger partial charge in [0, 0.05) is 17.9 Å². The third-order valence-corrected chi connectivity index (χ3v) is 2.78. The van der Waals surface area contributed by atoms with Crippen LogP contribution < -0.4 is 0 Å². The van der Waals surface area contributed by atoms with Gasteiger partial charge in [0.1, 0.15) is 0 Å². The molecule has 0 aromatic carbocycles. The third-order valence-electron chi connectivity index (χ3n) is 2.78. The number of carboxylic acid groups (broad SMARTS) is 1. The minimum absolute atomic E-state index is 0.146. The molecule has 132 valence electrons. The summed E-state index contributed by atoms with van der Waals surface area (Å²) in [4.78, 5) is 9.25. The average molecular weight is 326 g/mol. The maximum absolute atomic E-state index is 9.45. The van der Waals surface area contributed by atoms with E-state index in [1.165, 1.54) is 0 Å². The largest absolute Gasteiger partial charge is 0.478 e. The van der Waals surface area contributed by atoms with E-state index in [-0.39, 0.29) is 39.6 Å². The highest BCUT2D eigenvalue weighted by Gasteiger charge is 2.20. The van der Waals surface area contributed by atoms with Gasteiger partial charge in [0.05, 0.1) is 51.8 Å². The minimum atomic E-state index is -1.03. The van der Waals surface area contributed by atoms with Gasteiger partial charge >= 0.3 is 5.97 Å². The Bertz CT molecular complexity index is 259. The van der Waals surface area contributed by atoms with Crippen molar-refractivity contribution in [2.45, 2.75) is 12.2 Å². The number of rotatable bonds is 11. The molecule has 0 spiro atoms. The van der Waals surface area contributed by atoms with Crippen LogP contribution in [-0.4, -0.2) is 93.6 Å². The van der Waals surface area contributed by atoms with Crippen LogP contribution in [0.2, 0.25) is 0 Å². The van der Waals surface area contributed by atoms with Gasteiger partial charge in [-0.3, -0.25) is 0 Å². The third kappa shape index (κ3) is 11.6. The summed E-state index contributed by atoms with van der Waals surface area (Å²) in [6.07, 6.45) is -1.22. The van der Waals surface area contributed by atoms with Crippen LogP contribution in [0.3, 0.4) is 0 Å². The van der Waals surface area contributed by atoms with Crippen LogP contribution in [0.15, 0.2) is 12.7 Å². The van der Waals surface area contributed by atoms with Crippen molar-refractivity contribution in [2.24, 2.45) is 11.8 Å². The van der Waals surface area contributed by atoms with Crippen LogP contribution in [0, 0.1) is 11.8 Å². The molecule has 0 amide bonds. The lowest BCUT2D eigenvalue weighted by atomic mass is 10.0. The maximum atomic E-state index is 9.45. The summed E-state index contributed by atoms with van der Waals surface area (Å²) in [5.41, 5.74) is 0. The molecular weight excluding hydrogens is 300 g/mol. The van der Waals surface area contributed by atoms with Gasteiger partial charge in [0.15, 0.2) is 0 Å². The molecule has 0 aromatic heterocycles. The fourth-order valence-electron chi connectivity index (χ4n) is 1.18. The Morgan fingerprint density at radius 1 is 0.909 bits per heavy atom. The van der Waals surface area contributed by atoms with Crippen LogP contribution in [-0.2, 0) is 9.53 Å². The van der Waals surface area contributed by atoms with E-state index in [2.05, 4.69) is 6.58 Å². The SMILES string of the molecule is C=CC(=O)O.OCC(CO)C(O)COCC(O)C(CO)CO. The summed E-state index contributed by atoms with van der Waals surface area (Å²) in [6.45, 7) is 1.22. The molecular formula is C13H26O9. The molecule has 22 heavy (non-hydrogen) atoms. The van der Waals surface area contributed by atoms with Gasteiger partial charge in [-0.25, -0.2) is 4.79 Å². The monoisotopic (exact) mass is 326 g/mol. The second-order valence-corrected chi connectivity index (χ2v) is 4.46. The Balaban J connectivity index is 0. The number of hydrogen-bond donors (Lipinski definition) is 7. The van der Waals surface area contributed by atoms with Crippen molar-refractivity contribution in [3.8, 4) is 0 Å². The predicted octanol–water partition coefficient (Wildman–Crippen LogP) is -2.82. The molecule has 2 unspecified atom stereocenters. The summed E-state index contributed by atoms with van der Waals surface area (Å²) < 4.78 is 4.98. The van der Waals surface area contributed by atoms with Crippen molar-refractivity contribution in [3.05, 3.63) is 12.7 Å². The second-order valence-electron chi connectivity index (χ2n) is 4.46. The number of aliphatic carboxylic acids is 1. The van der Waals surface area contributed by atoms with Crippen LogP contribution in [0.5, 0.6) is 0 Å². The molecule has 9 heteroatoms. The Labute approximate surface area is 128 Å². The van der Waals surface area contributed by atoms with E-state index in [9.17, 15) is 15.0 Å². The van der Waals surface area contributed by atoms with Crippen molar-refractivity contribution < 1.29 is 45.3 Å². The van der Waals surface area contributed by atoms with E-state index in [1.54, 1.807) is 0 Å². The van der Waals surface area contributed by atoms with Gasteiger partial charge in [-0.1, -0.05) is 6.58 Å². The highest BCUT2D eigenvalue weighted by atomic mass is 16.5. The molecule has 0 saturated carbocycles. The van der Waals surface area contributed by atoms with E-state index in [4.69, 9.17) is 30.3 Å². The standard InChI is InChI=1S/C10H22O7.C3H4O2/c11-1-7(2-12)9(15)5-17-6-10(16)8(3-13)4-14;1-2-3(4)5/h7-16H,1-6H2;2H,1H2,(H,4,5). The number of ether oxygens (including phenoxy) is 1. The number of aliphatic hydroxyl groups is 6. The molecule has 0 radical (unpaired) electrons. The molecule has 7 N–H and O–H groups in total. The summed E-state index contributed by atoms with van der Waals surface area (Å²) >= 11 is 0. The molecule has 0 rings (SSSR count). The van der Waals surface area contributed by atoms with E-state index < -0.39 is 30.0 Å². The first kappa shape index (κ1) is 23.2. The van der Waals surface area contributed by atoms with Crippen molar-refractivity contribution in [3.63, 3.8) is 0 Å². The second kappa shape index (κ2) is 14.9. The number of carboxylic acids is 1. The molecule has 9 nitrogen and oxygen atoms in total. The van der Waals surface area contributed by atoms with Crippen LogP contribution in [0.1, 0.15) is 0 Å². The topological polar surface area (TPSA) is 168 Å². The highest BCUT2D eigenvalue weighted by Crippen LogP contribution is 2.06. The molecule has 0 heterocycles. The van der Waals surface area contributed by atoms with Crippen LogP contribution in [0.4, 0.5) is 0 Å². The zero-order valence-electron chi connectivity index (χ0n) is 12.3. The van der Waals surface area contributed by atoms with Crippen molar-refractivity contribution in [2.75, 3.05) is 39.6 Å². The lowest BCUT2D eigenvalue weighted by molar-refractivity contribution is -0.131. The maximum Gasteiger partial charge on any atom is 0.327 e. The molecule has 0 aliphatic heterocycles. The Hall–Kier alpha value is -1.07. The summed E-state index contributed by atoms with van der Waals surface area (Å²) in [5, 5.41) is 61.6. The van der Waals surface area contributed by atoms with Crippen LogP contribution in [0.25, 0.3) is 0 Å². The summed E-state index contributed by atoms with van der Waals surface area (Å²) in [6, 6.07) is 0. The Kier molecular flexibility index (Phi) is 15.7. The van der Waals surface area contributed by atoms with E-state index >= 15 is 0 Å². The first-order valence-electron chi connectivity index (χ1n) is 6.60. The van der Waals surface area contributed by atoms with Gasteiger partial charge in [0.25, 0.3) is 0 Å². The fraction of sp³-hybridized carbons (Fsp3) is 0.769. The predicted molar refractivity (Wildman–Crippen MR) is 76.0 cm³/mol. The first-order valence-corrected chi connectivity index (χ1v) is 6.60. The van der Waals surface area contributed by atoms with E-state index in [1.807, 2.05) is 0 Å². The molecule has 2 atom stereocenters. The molecule has 0 saturated heterocycles. The fourth-order valence-corrected chi connectivity index (χ4v) is 1.18. The van der Waals surface area contributed by atoms with Gasteiger partial charge < -0.3 is 40.5 Å². The average Bonchev–Trinajstić information content (AvgIpc) is 2.50. The van der Waals surface area contributed by atoms with Crippen molar-refractivity contribution >= 4 is 5.97 Å². The van der Waals surface area contributed by atoms with Crippen LogP contribution >= 0.6 is 0 Å². The Morgan fingerprint density at radius 3 is 1.36 bits per heavy atom. The summed E-state index contributed by atoms with van der Waals surface area (Å²) in [5.74, 6) is -2.35. The van der Waals surface area contributed by atoms with Crippen molar-refractivity contribution in [1.82, 2.24) is 0 Å². The number of aliphatic hydroxyl groups excluding tert-OH is 6. The lowest BCUT2D eigenvalue weighted by Gasteiger charge is -2.21. The van der Waals surface area contributed by atoms with Gasteiger partial charge in [-0.15, -0.1) is 0 Å². The normalized spacial score (nSPS) is 13.5. The molecule has 0 fully saturated rings. The number of hydrogen-bond acceptors (Lipinski definition) is 8. The quantitative estimate of drug-likeness (QED) is 0.198. The van der Waals surface area contributed by atoms with Crippen molar-refractivity contribution in [1.29, 1.82) is 0 Å². The van der Waals surface area contributed by atoms with Gasteiger partial charge in [0.2, 0.25) is 0 Å². The molecule has 0 aliphatic rings. The zero-order chi connectivity index (χ0) is 17.5. The van der Waals surface area contributed by atoms with E-state index in [0.717, 1.165) is 6.08 Å². The highest BCUT2D eigenvalue weighted by molar-refractivity contribution is 5.78. The minimum Gasteiger partial charge on any atom is -0.478 e. The molecule has 0 aliphatic carbocycles. The molecule has 0 bridgehead atoms. The number of carbonyl (C=O) groups is 1. The zero-order valence-corrected chi connectivity index (χ0v) is 12.3. The lowest BCUT2D eigenvalue weighted by Crippen LogP contribution is -2.35.